The highest BCUT2D eigenvalue weighted by Crippen LogP contribution is 2.31. The van der Waals surface area contributed by atoms with Crippen molar-refractivity contribution in [2.24, 2.45) is 5.10 Å². The van der Waals surface area contributed by atoms with Gasteiger partial charge >= 0.3 is 0 Å². The van der Waals surface area contributed by atoms with Crippen molar-refractivity contribution >= 4 is 35.3 Å². The summed E-state index contributed by atoms with van der Waals surface area (Å²) in [4.78, 5) is 10.7. The van der Waals surface area contributed by atoms with E-state index in [4.69, 9.17) is 27.6 Å². The van der Waals surface area contributed by atoms with Gasteiger partial charge in [0.05, 0.1) is 11.2 Å². The van der Waals surface area contributed by atoms with Gasteiger partial charge in [-0.25, -0.2) is 5.43 Å². The molecule has 0 bridgehead atoms. The number of nitrogens with one attached hydrogen (secondary N) is 1. The lowest BCUT2D eigenvalue weighted by atomic mass is 10.2. The third-order valence-corrected chi connectivity index (χ3v) is 2.78. The van der Waals surface area contributed by atoms with Gasteiger partial charge in [0.1, 0.15) is 11.5 Å². The van der Waals surface area contributed by atoms with Crippen LogP contribution in [0.5, 0.6) is 0 Å². The van der Waals surface area contributed by atoms with Crippen LogP contribution >= 0.6 is 23.2 Å². The van der Waals surface area contributed by atoms with Gasteiger partial charge in [-0.3, -0.25) is 4.79 Å². The molecule has 0 atom stereocenters. The lowest BCUT2D eigenvalue weighted by Crippen LogP contribution is -2.12. The van der Waals surface area contributed by atoms with E-state index in [1.54, 1.807) is 30.3 Å². The summed E-state index contributed by atoms with van der Waals surface area (Å²) in [6.07, 6.45) is 1.41. The number of furan rings is 1. The Morgan fingerprint density at radius 3 is 2.79 bits per heavy atom. The molecule has 0 aliphatic rings. The highest BCUT2D eigenvalue weighted by Gasteiger charge is 2.08. The summed E-state index contributed by atoms with van der Waals surface area (Å²) < 4.78 is 5.54. The van der Waals surface area contributed by atoms with E-state index in [0.717, 1.165) is 5.56 Å². The van der Waals surface area contributed by atoms with Crippen molar-refractivity contribution in [2.75, 3.05) is 0 Å². The van der Waals surface area contributed by atoms with Gasteiger partial charge in [-0.15, -0.1) is 0 Å². The molecule has 0 saturated heterocycles. The van der Waals surface area contributed by atoms with E-state index in [9.17, 15) is 4.79 Å². The minimum absolute atomic E-state index is 0.247. The molecule has 2 rings (SSSR count). The Kier molecular flexibility index (Phi) is 4.24. The normalized spacial score (nSPS) is 10.9. The third-order valence-electron chi connectivity index (χ3n) is 2.24. The zero-order valence-electron chi connectivity index (χ0n) is 9.98. The molecule has 98 valence electrons. The first-order valence-electron chi connectivity index (χ1n) is 5.41. The van der Waals surface area contributed by atoms with Crippen molar-refractivity contribution in [3.8, 4) is 11.3 Å². The van der Waals surface area contributed by atoms with Crippen molar-refractivity contribution in [3.05, 3.63) is 46.1 Å². The summed E-state index contributed by atoms with van der Waals surface area (Å²) in [6, 6.07) is 8.65. The fraction of sp³-hybridized carbons (Fsp3) is 0.0769. The molecule has 6 heteroatoms. The van der Waals surface area contributed by atoms with Crippen molar-refractivity contribution < 1.29 is 9.21 Å². The number of amides is 1. The smallest absolute Gasteiger partial charge is 0.236 e. The van der Waals surface area contributed by atoms with Gasteiger partial charge < -0.3 is 4.42 Å². The predicted molar refractivity (Wildman–Crippen MR) is 75.6 cm³/mol. The van der Waals surface area contributed by atoms with Crippen LogP contribution in [0.25, 0.3) is 11.3 Å². The summed E-state index contributed by atoms with van der Waals surface area (Å²) in [5, 5.41) is 4.78. The fourth-order valence-corrected chi connectivity index (χ4v) is 1.94. The summed E-state index contributed by atoms with van der Waals surface area (Å²) in [6.45, 7) is 1.37. The molecule has 0 unspecified atom stereocenters. The van der Waals surface area contributed by atoms with Gasteiger partial charge in [0.2, 0.25) is 5.91 Å². The molecule has 1 amide bonds. The molecule has 2 aromatic rings. The second kappa shape index (κ2) is 5.91. The molecule has 1 aromatic carbocycles. The molecule has 1 heterocycles. The largest absolute Gasteiger partial charge is 0.455 e. The van der Waals surface area contributed by atoms with Crippen molar-refractivity contribution in [2.45, 2.75) is 6.92 Å². The van der Waals surface area contributed by atoms with Crippen LogP contribution in [0.15, 0.2) is 39.9 Å². The minimum atomic E-state index is -0.247. The first kappa shape index (κ1) is 13.6. The van der Waals surface area contributed by atoms with E-state index >= 15 is 0 Å². The first-order chi connectivity index (χ1) is 9.06. The van der Waals surface area contributed by atoms with E-state index in [0.29, 0.717) is 21.6 Å². The summed E-state index contributed by atoms with van der Waals surface area (Å²) in [7, 11) is 0. The van der Waals surface area contributed by atoms with Crippen LogP contribution in [0.2, 0.25) is 10.0 Å². The number of benzene rings is 1. The Labute approximate surface area is 120 Å². The lowest BCUT2D eigenvalue weighted by molar-refractivity contribution is -0.118. The second-order valence-electron chi connectivity index (χ2n) is 3.75. The molecule has 1 aromatic heterocycles. The maximum atomic E-state index is 10.7. The Bertz CT molecular complexity index is 635. The van der Waals surface area contributed by atoms with E-state index in [1.165, 1.54) is 13.1 Å². The van der Waals surface area contributed by atoms with Gasteiger partial charge in [0, 0.05) is 17.5 Å². The number of hydrazone groups is 1. The first-order valence-corrected chi connectivity index (χ1v) is 6.17. The Morgan fingerprint density at radius 2 is 2.11 bits per heavy atom. The number of carbonyl (C=O) groups is 1. The topological polar surface area (TPSA) is 54.6 Å². The molecule has 0 saturated carbocycles. The van der Waals surface area contributed by atoms with Gasteiger partial charge in [-0.2, -0.15) is 5.10 Å². The van der Waals surface area contributed by atoms with Crippen LogP contribution in [0, 0.1) is 0 Å². The van der Waals surface area contributed by atoms with Crippen LogP contribution in [0.3, 0.4) is 0 Å². The zero-order valence-corrected chi connectivity index (χ0v) is 11.5. The Balaban J connectivity index is 2.21. The van der Waals surface area contributed by atoms with E-state index in [2.05, 4.69) is 10.5 Å². The van der Waals surface area contributed by atoms with Gasteiger partial charge in [-0.05, 0) is 30.3 Å². The van der Waals surface area contributed by atoms with Crippen LogP contribution in [0.4, 0.5) is 0 Å². The van der Waals surface area contributed by atoms with Crippen LogP contribution in [0.1, 0.15) is 12.7 Å². The minimum Gasteiger partial charge on any atom is -0.455 e. The number of hydrogen-bond acceptors (Lipinski definition) is 3. The second-order valence-corrected chi connectivity index (χ2v) is 4.60. The molecule has 0 fully saturated rings. The quantitative estimate of drug-likeness (QED) is 0.693. The third kappa shape index (κ3) is 3.59. The molecule has 0 aliphatic carbocycles. The van der Waals surface area contributed by atoms with Crippen LogP contribution in [-0.4, -0.2) is 12.1 Å². The Hall–Kier alpha value is -1.78. The molecular formula is C13H10Cl2N2O2. The van der Waals surface area contributed by atoms with Crippen LogP contribution < -0.4 is 5.43 Å². The molecule has 4 nitrogen and oxygen atoms in total. The highest BCUT2D eigenvalue weighted by molar-refractivity contribution is 6.36. The molecular weight excluding hydrogens is 287 g/mol. The van der Waals surface area contributed by atoms with E-state index < -0.39 is 0 Å². The van der Waals surface area contributed by atoms with Gasteiger partial charge in [-0.1, -0.05) is 23.2 Å². The maximum absolute atomic E-state index is 10.7. The molecule has 0 spiro atoms. The standard InChI is InChI=1S/C13H10Cl2N2O2/c1-8(18)17-16-7-10-3-5-13(19-10)11-4-2-9(14)6-12(11)15/h2-7H,1H3,(H,17,18)/b16-7-. The number of halogens is 2. The van der Waals surface area contributed by atoms with Crippen LogP contribution in [-0.2, 0) is 4.79 Å². The van der Waals surface area contributed by atoms with E-state index in [1.807, 2.05) is 0 Å². The summed E-state index contributed by atoms with van der Waals surface area (Å²) in [5.74, 6) is 0.865. The van der Waals surface area contributed by atoms with Crippen molar-refractivity contribution in [3.63, 3.8) is 0 Å². The predicted octanol–water partition coefficient (Wildman–Crippen LogP) is 3.72. The highest BCUT2D eigenvalue weighted by atomic mass is 35.5. The summed E-state index contributed by atoms with van der Waals surface area (Å²) in [5.41, 5.74) is 3.03. The number of carbonyl (C=O) groups excluding carboxylic acids is 1. The average molecular weight is 297 g/mol. The SMILES string of the molecule is CC(=O)N/N=C\c1ccc(-c2ccc(Cl)cc2Cl)o1. The monoisotopic (exact) mass is 296 g/mol. The van der Waals surface area contributed by atoms with Crippen molar-refractivity contribution in [1.82, 2.24) is 5.43 Å². The number of nitrogens with zero attached hydrogens (tertiary/aromatic N) is 1. The molecule has 19 heavy (non-hydrogen) atoms. The van der Waals surface area contributed by atoms with Gasteiger partial charge in [0.15, 0.2) is 0 Å². The molecule has 1 N–H and O–H groups in total. The van der Waals surface area contributed by atoms with Crippen molar-refractivity contribution in [1.29, 1.82) is 0 Å². The summed E-state index contributed by atoms with van der Waals surface area (Å²) >= 11 is 11.9. The lowest BCUT2D eigenvalue weighted by Gasteiger charge is -2.00. The number of rotatable bonds is 3. The fourth-order valence-electron chi connectivity index (χ4n) is 1.44. The molecule has 0 radical (unpaired) electrons. The van der Waals surface area contributed by atoms with Gasteiger partial charge in [0.25, 0.3) is 0 Å². The number of hydrogen-bond donors (Lipinski definition) is 1. The average Bonchev–Trinajstić information content (AvgIpc) is 2.77. The maximum Gasteiger partial charge on any atom is 0.236 e. The molecule has 0 aliphatic heterocycles. The Morgan fingerprint density at radius 1 is 1.32 bits per heavy atom. The zero-order chi connectivity index (χ0) is 13.8. The van der Waals surface area contributed by atoms with E-state index in [-0.39, 0.29) is 5.91 Å².